The number of aliphatic hydroxyl groups is 1. The highest BCUT2D eigenvalue weighted by atomic mass is 35.5. The molecule has 6 nitrogen and oxygen atoms in total. The summed E-state index contributed by atoms with van der Waals surface area (Å²) in [5.74, 6) is -1.64. The van der Waals surface area contributed by atoms with Crippen LogP contribution in [0.4, 0.5) is 10.1 Å². The van der Waals surface area contributed by atoms with Gasteiger partial charge in [-0.3, -0.25) is 9.59 Å². The van der Waals surface area contributed by atoms with Crippen LogP contribution in [-0.4, -0.2) is 40.6 Å². The van der Waals surface area contributed by atoms with Gasteiger partial charge in [0.25, 0.3) is 0 Å². The quantitative estimate of drug-likeness (QED) is 0.412. The first-order valence-electron chi connectivity index (χ1n) is 13.4. The van der Waals surface area contributed by atoms with E-state index in [1.54, 1.807) is 31.2 Å². The van der Waals surface area contributed by atoms with Gasteiger partial charge in [0, 0.05) is 28.7 Å². The summed E-state index contributed by atoms with van der Waals surface area (Å²) < 4.78 is 15.8. The standard InChI is InChI=1S/C29H32Cl2FN3O3/c1-28(38)13-17(14-28)33-26(36)25-23(18-7-4-8-20(31)24(18)32)29(22(35-25)11-15-5-2-3-6-15)19-10-9-16(30)12-21(19)34-27(29)37/h4,7-10,12,15,17,22-23,25,35,38H,2-3,5-6,11,13-14H2,1H3,(H,33,36)(H,34,37)/t17-,22-,23-,25+,28+,29+/m0/s1. The number of halogens is 3. The molecule has 2 amide bonds. The summed E-state index contributed by atoms with van der Waals surface area (Å²) in [5, 5.41) is 20.2. The van der Waals surface area contributed by atoms with E-state index in [-0.39, 0.29) is 28.4 Å². The molecule has 4 atom stereocenters. The van der Waals surface area contributed by atoms with E-state index in [2.05, 4.69) is 16.0 Å². The molecule has 0 radical (unpaired) electrons. The Balaban J connectivity index is 1.49. The van der Waals surface area contributed by atoms with Gasteiger partial charge in [0.15, 0.2) is 0 Å². The van der Waals surface area contributed by atoms with Gasteiger partial charge in [0.2, 0.25) is 11.8 Å². The average molecular weight is 560 g/mol. The van der Waals surface area contributed by atoms with Crippen LogP contribution in [0.15, 0.2) is 36.4 Å². The van der Waals surface area contributed by atoms with E-state index < -0.39 is 34.8 Å². The maximum Gasteiger partial charge on any atom is 0.238 e. The summed E-state index contributed by atoms with van der Waals surface area (Å²) in [4.78, 5) is 28.0. The van der Waals surface area contributed by atoms with Crippen molar-refractivity contribution in [3.8, 4) is 0 Å². The van der Waals surface area contributed by atoms with Crippen LogP contribution in [0, 0.1) is 11.7 Å². The highest BCUT2D eigenvalue weighted by Gasteiger charge is 2.66. The predicted molar refractivity (Wildman–Crippen MR) is 145 cm³/mol. The Hall–Kier alpha value is -2.19. The topological polar surface area (TPSA) is 90.5 Å². The first-order valence-corrected chi connectivity index (χ1v) is 14.2. The maximum atomic E-state index is 15.8. The normalized spacial score (nSPS) is 34.3. The molecule has 0 unspecified atom stereocenters. The lowest BCUT2D eigenvalue weighted by Crippen LogP contribution is -2.57. The molecule has 0 bridgehead atoms. The van der Waals surface area contributed by atoms with Crippen molar-refractivity contribution in [2.24, 2.45) is 5.92 Å². The first kappa shape index (κ1) is 26.1. The van der Waals surface area contributed by atoms with E-state index in [0.29, 0.717) is 41.5 Å². The zero-order chi connectivity index (χ0) is 26.8. The molecule has 9 heteroatoms. The minimum Gasteiger partial charge on any atom is -0.390 e. The summed E-state index contributed by atoms with van der Waals surface area (Å²) in [5.41, 5.74) is -0.508. The number of rotatable bonds is 5. The van der Waals surface area contributed by atoms with Crippen LogP contribution in [0.1, 0.15) is 68.9 Å². The summed E-state index contributed by atoms with van der Waals surface area (Å²) in [6.45, 7) is 1.74. The Labute approximate surface area is 231 Å². The van der Waals surface area contributed by atoms with Crippen molar-refractivity contribution >= 4 is 40.7 Å². The number of carbonyl (C=O) groups excluding carboxylic acids is 2. The molecule has 202 valence electrons. The van der Waals surface area contributed by atoms with Crippen LogP contribution < -0.4 is 16.0 Å². The van der Waals surface area contributed by atoms with Crippen molar-refractivity contribution in [1.29, 1.82) is 0 Å². The summed E-state index contributed by atoms with van der Waals surface area (Å²) in [6.07, 6.45) is 5.98. The third kappa shape index (κ3) is 4.14. The summed E-state index contributed by atoms with van der Waals surface area (Å²) in [7, 11) is 0. The minimum atomic E-state index is -1.23. The number of fused-ring (bicyclic) bond motifs is 2. The predicted octanol–water partition coefficient (Wildman–Crippen LogP) is 5.06. The van der Waals surface area contributed by atoms with Gasteiger partial charge < -0.3 is 21.1 Å². The van der Waals surface area contributed by atoms with E-state index in [0.717, 1.165) is 25.7 Å². The van der Waals surface area contributed by atoms with Gasteiger partial charge in [-0.1, -0.05) is 67.1 Å². The first-order chi connectivity index (χ1) is 18.1. The zero-order valence-electron chi connectivity index (χ0n) is 21.2. The molecular formula is C29H32Cl2FN3O3. The smallest absolute Gasteiger partial charge is 0.238 e. The Morgan fingerprint density at radius 2 is 1.92 bits per heavy atom. The lowest BCUT2D eigenvalue weighted by molar-refractivity contribution is -0.127. The molecule has 1 spiro atoms. The molecule has 6 rings (SSSR count). The van der Waals surface area contributed by atoms with Gasteiger partial charge in [0.05, 0.1) is 16.7 Å². The van der Waals surface area contributed by atoms with Gasteiger partial charge in [0.1, 0.15) is 11.2 Å². The molecule has 1 saturated heterocycles. The number of hydrogen-bond donors (Lipinski definition) is 4. The Morgan fingerprint density at radius 1 is 1.18 bits per heavy atom. The fourth-order valence-electron chi connectivity index (χ4n) is 7.55. The molecule has 2 heterocycles. The van der Waals surface area contributed by atoms with Crippen molar-refractivity contribution < 1.29 is 19.1 Å². The second-order valence-electron chi connectivity index (χ2n) is 11.8. The van der Waals surface area contributed by atoms with Gasteiger partial charge in [-0.05, 0) is 61.4 Å². The SMILES string of the molecule is C[C@]1(O)C[C@@H](NC(=O)[C@@H]2N[C@@H](CC3CCCC3)[C@@]3(C(=O)Nc4cc(Cl)ccc43)[C@H]2c2cccc(Cl)c2F)C1. The Kier molecular flexibility index (Phi) is 6.50. The number of benzene rings is 2. The van der Waals surface area contributed by atoms with Crippen molar-refractivity contribution in [3.05, 3.63) is 63.4 Å². The monoisotopic (exact) mass is 559 g/mol. The van der Waals surface area contributed by atoms with Gasteiger partial charge in [-0.2, -0.15) is 0 Å². The zero-order valence-corrected chi connectivity index (χ0v) is 22.7. The third-order valence-corrected chi connectivity index (χ3v) is 9.69. The molecule has 3 fully saturated rings. The number of nitrogens with one attached hydrogen (secondary N) is 3. The van der Waals surface area contributed by atoms with E-state index in [1.165, 1.54) is 6.07 Å². The highest BCUT2D eigenvalue weighted by molar-refractivity contribution is 6.31. The van der Waals surface area contributed by atoms with Crippen molar-refractivity contribution in [2.75, 3.05) is 5.32 Å². The number of amides is 2. The van der Waals surface area contributed by atoms with Crippen molar-refractivity contribution in [2.45, 2.75) is 86.9 Å². The van der Waals surface area contributed by atoms with Crippen LogP contribution >= 0.6 is 23.2 Å². The van der Waals surface area contributed by atoms with Crippen LogP contribution in [0.5, 0.6) is 0 Å². The molecule has 2 aliphatic heterocycles. The van der Waals surface area contributed by atoms with Crippen molar-refractivity contribution in [3.63, 3.8) is 0 Å². The van der Waals surface area contributed by atoms with E-state index >= 15 is 4.39 Å². The van der Waals surface area contributed by atoms with E-state index in [9.17, 15) is 14.7 Å². The fourth-order valence-corrected chi connectivity index (χ4v) is 7.90. The molecule has 2 saturated carbocycles. The average Bonchev–Trinajstić information content (AvgIpc) is 3.53. The fraction of sp³-hybridized carbons (Fsp3) is 0.517. The Bertz CT molecular complexity index is 1290. The lowest BCUT2D eigenvalue weighted by Gasteiger charge is -2.42. The maximum absolute atomic E-state index is 15.8. The number of anilines is 1. The van der Waals surface area contributed by atoms with Gasteiger partial charge >= 0.3 is 0 Å². The molecule has 0 aromatic heterocycles. The van der Waals surface area contributed by atoms with Crippen LogP contribution in [0.3, 0.4) is 0 Å². The molecule has 38 heavy (non-hydrogen) atoms. The van der Waals surface area contributed by atoms with E-state index in [4.69, 9.17) is 23.2 Å². The van der Waals surface area contributed by atoms with Crippen LogP contribution in [-0.2, 0) is 15.0 Å². The highest BCUT2D eigenvalue weighted by Crippen LogP contribution is 2.57. The van der Waals surface area contributed by atoms with Crippen molar-refractivity contribution in [1.82, 2.24) is 10.6 Å². The summed E-state index contributed by atoms with van der Waals surface area (Å²) in [6, 6.07) is 8.57. The molecule has 2 aromatic carbocycles. The summed E-state index contributed by atoms with van der Waals surface area (Å²) >= 11 is 12.5. The molecule has 2 aromatic rings. The van der Waals surface area contributed by atoms with E-state index in [1.807, 2.05) is 6.07 Å². The second-order valence-corrected chi connectivity index (χ2v) is 12.7. The second kappa shape index (κ2) is 9.47. The molecule has 2 aliphatic carbocycles. The molecule has 4 N–H and O–H groups in total. The Morgan fingerprint density at radius 3 is 2.63 bits per heavy atom. The van der Waals surface area contributed by atoms with Gasteiger partial charge in [-0.15, -0.1) is 0 Å². The third-order valence-electron chi connectivity index (χ3n) is 9.17. The lowest BCUT2D eigenvalue weighted by atomic mass is 9.63. The molecular weight excluding hydrogens is 528 g/mol. The minimum absolute atomic E-state index is 0.0548. The van der Waals surface area contributed by atoms with Crippen LogP contribution in [0.25, 0.3) is 0 Å². The number of carbonyl (C=O) groups is 2. The molecule has 4 aliphatic rings. The van der Waals surface area contributed by atoms with Gasteiger partial charge in [-0.25, -0.2) is 4.39 Å². The number of hydrogen-bond acceptors (Lipinski definition) is 4. The largest absolute Gasteiger partial charge is 0.390 e. The van der Waals surface area contributed by atoms with Crippen LogP contribution in [0.2, 0.25) is 10.0 Å².